The lowest BCUT2D eigenvalue weighted by molar-refractivity contribution is 0.412. The van der Waals surface area contributed by atoms with E-state index in [9.17, 15) is 4.39 Å². The van der Waals surface area contributed by atoms with E-state index in [1.807, 2.05) is 97.2 Å². The molecule has 0 saturated heterocycles. The van der Waals surface area contributed by atoms with Gasteiger partial charge in [-0.05, 0) is 44.0 Å². The monoisotopic (exact) mass is 510 g/mol. The number of nitrogens with zero attached hydrogens (tertiary/aromatic N) is 6. The van der Waals surface area contributed by atoms with Crippen LogP contribution in [0.4, 0.5) is 4.39 Å². The molecule has 0 aliphatic carbocycles. The van der Waals surface area contributed by atoms with Gasteiger partial charge in [-0.1, -0.05) is 60.6 Å². The molecular weight excluding hydrogens is 467 g/mol. The van der Waals surface area contributed by atoms with Gasteiger partial charge in [0, 0.05) is 24.4 Å². The fraction of sp³-hybridized carbons (Fsp3) is 0.414. The van der Waals surface area contributed by atoms with Gasteiger partial charge in [0.05, 0.1) is 25.2 Å². The number of methoxy groups -OCH3 is 1. The molecular formula is C29H43FN6O. The zero-order valence-electron chi connectivity index (χ0n) is 24.1. The maximum Gasteiger partial charge on any atom is 0.170 e. The van der Waals surface area contributed by atoms with E-state index in [-0.39, 0.29) is 5.82 Å². The highest BCUT2D eigenvalue weighted by Gasteiger charge is 2.17. The van der Waals surface area contributed by atoms with Crippen LogP contribution in [0.25, 0.3) is 17.1 Å². The minimum absolute atomic E-state index is 0.375. The van der Waals surface area contributed by atoms with Crippen molar-refractivity contribution in [2.24, 2.45) is 0 Å². The van der Waals surface area contributed by atoms with Crippen molar-refractivity contribution >= 4 is 0 Å². The summed E-state index contributed by atoms with van der Waals surface area (Å²) in [5.74, 6) is 2.70. The molecule has 0 amide bonds. The van der Waals surface area contributed by atoms with Crippen LogP contribution in [0, 0.1) is 19.7 Å². The molecule has 202 valence electrons. The van der Waals surface area contributed by atoms with Crippen molar-refractivity contribution in [3.05, 3.63) is 78.1 Å². The molecule has 0 fully saturated rings. The predicted molar refractivity (Wildman–Crippen MR) is 151 cm³/mol. The molecule has 0 bridgehead atoms. The van der Waals surface area contributed by atoms with Gasteiger partial charge in [0.2, 0.25) is 0 Å². The molecule has 0 aliphatic heterocycles. The Morgan fingerprint density at radius 1 is 0.865 bits per heavy atom. The third-order valence-corrected chi connectivity index (χ3v) is 4.54. The van der Waals surface area contributed by atoms with Crippen molar-refractivity contribution in [2.45, 2.75) is 75.2 Å². The molecule has 1 aromatic carbocycles. The standard InChI is InChI=1S/C16H16N4O.C7H9FN2.3C2H6/c1-11-6-4-8-14(21-3)15(11)20-12(2)18-19-16(20)13-7-5-9-17-10-13;1-2-3-7-9-4-6(8)5-10-7;3*1-2/h4-10H,1-3H3;4-5H,2-3H2,1H3;3*1-2H3. The number of halogens is 1. The molecule has 3 aromatic heterocycles. The van der Waals surface area contributed by atoms with E-state index in [2.05, 4.69) is 25.1 Å². The Morgan fingerprint density at radius 3 is 2.05 bits per heavy atom. The van der Waals surface area contributed by atoms with E-state index in [0.717, 1.165) is 47.1 Å². The molecule has 0 radical (unpaired) electrons. The summed E-state index contributed by atoms with van der Waals surface area (Å²) in [6.07, 6.45) is 7.72. The van der Waals surface area contributed by atoms with Crippen LogP contribution >= 0.6 is 0 Å². The van der Waals surface area contributed by atoms with Gasteiger partial charge >= 0.3 is 0 Å². The Labute approximate surface area is 222 Å². The summed E-state index contributed by atoms with van der Waals surface area (Å²) in [5.41, 5.74) is 2.98. The van der Waals surface area contributed by atoms with Gasteiger partial charge in [-0.15, -0.1) is 10.2 Å². The lowest BCUT2D eigenvalue weighted by atomic mass is 10.1. The molecule has 0 spiro atoms. The first-order valence-electron chi connectivity index (χ1n) is 13.0. The molecule has 0 aliphatic rings. The molecule has 37 heavy (non-hydrogen) atoms. The number of pyridine rings is 1. The van der Waals surface area contributed by atoms with Crippen molar-refractivity contribution in [2.75, 3.05) is 7.11 Å². The second-order valence-electron chi connectivity index (χ2n) is 6.84. The minimum atomic E-state index is -0.375. The van der Waals surface area contributed by atoms with Gasteiger partial charge in [-0.25, -0.2) is 14.4 Å². The van der Waals surface area contributed by atoms with Crippen molar-refractivity contribution in [3.8, 4) is 22.8 Å². The molecule has 0 saturated carbocycles. The van der Waals surface area contributed by atoms with Crippen molar-refractivity contribution in [1.29, 1.82) is 0 Å². The number of rotatable bonds is 5. The number of aromatic nitrogens is 6. The highest BCUT2D eigenvalue weighted by molar-refractivity contribution is 5.62. The number of hydrogen-bond acceptors (Lipinski definition) is 6. The Balaban J connectivity index is 0.000000682. The van der Waals surface area contributed by atoms with Gasteiger partial charge in [-0.2, -0.15) is 0 Å². The van der Waals surface area contributed by atoms with Crippen LogP contribution in [0.2, 0.25) is 0 Å². The van der Waals surface area contributed by atoms with E-state index in [1.165, 1.54) is 12.4 Å². The largest absolute Gasteiger partial charge is 0.495 e. The summed E-state index contributed by atoms with van der Waals surface area (Å²) in [5, 5.41) is 8.51. The molecule has 3 heterocycles. The number of hydrogen-bond donors (Lipinski definition) is 0. The zero-order chi connectivity index (χ0) is 28.2. The molecule has 8 heteroatoms. The second kappa shape index (κ2) is 19.5. The van der Waals surface area contributed by atoms with Gasteiger partial charge in [0.25, 0.3) is 0 Å². The summed E-state index contributed by atoms with van der Waals surface area (Å²) in [6, 6.07) is 9.82. The first-order valence-corrected chi connectivity index (χ1v) is 13.0. The first-order chi connectivity index (χ1) is 18.0. The van der Waals surface area contributed by atoms with Crippen molar-refractivity contribution in [1.82, 2.24) is 29.7 Å². The third kappa shape index (κ3) is 10.1. The van der Waals surface area contributed by atoms with E-state index in [0.29, 0.717) is 5.82 Å². The van der Waals surface area contributed by atoms with Gasteiger partial charge in [0.1, 0.15) is 17.4 Å². The molecule has 0 unspecified atom stereocenters. The highest BCUT2D eigenvalue weighted by Crippen LogP contribution is 2.31. The molecule has 0 atom stereocenters. The number of aryl methyl sites for hydroxylation is 3. The smallest absolute Gasteiger partial charge is 0.170 e. The average molecular weight is 511 g/mol. The molecule has 0 N–H and O–H groups in total. The van der Waals surface area contributed by atoms with E-state index in [1.54, 1.807) is 19.5 Å². The Kier molecular flexibility index (Phi) is 17.6. The van der Waals surface area contributed by atoms with Crippen LogP contribution in [0.5, 0.6) is 5.75 Å². The first kappa shape index (κ1) is 33.3. The summed E-state index contributed by atoms with van der Waals surface area (Å²) < 4.78 is 19.7. The number of para-hydroxylation sites is 1. The average Bonchev–Trinajstić information content (AvgIpc) is 3.34. The molecule has 4 rings (SSSR count). The van der Waals surface area contributed by atoms with Crippen LogP contribution in [0.15, 0.2) is 55.1 Å². The summed E-state index contributed by atoms with van der Waals surface area (Å²) in [4.78, 5) is 11.7. The topological polar surface area (TPSA) is 78.6 Å². The van der Waals surface area contributed by atoms with Crippen LogP contribution < -0.4 is 4.74 Å². The maximum absolute atomic E-state index is 12.2. The van der Waals surface area contributed by atoms with Crippen molar-refractivity contribution < 1.29 is 9.13 Å². The van der Waals surface area contributed by atoms with E-state index >= 15 is 0 Å². The normalized spacial score (nSPS) is 9.16. The summed E-state index contributed by atoms with van der Waals surface area (Å²) >= 11 is 0. The Morgan fingerprint density at radius 2 is 1.51 bits per heavy atom. The second-order valence-corrected chi connectivity index (χ2v) is 6.84. The minimum Gasteiger partial charge on any atom is -0.495 e. The van der Waals surface area contributed by atoms with Gasteiger partial charge in [0.15, 0.2) is 11.6 Å². The Bertz CT molecular complexity index is 1120. The van der Waals surface area contributed by atoms with Crippen LogP contribution in [0.1, 0.15) is 72.1 Å². The van der Waals surface area contributed by atoms with Gasteiger partial charge < -0.3 is 4.74 Å². The summed E-state index contributed by atoms with van der Waals surface area (Å²) in [7, 11) is 1.67. The van der Waals surface area contributed by atoms with E-state index in [4.69, 9.17) is 4.74 Å². The summed E-state index contributed by atoms with van der Waals surface area (Å²) in [6.45, 7) is 18.0. The van der Waals surface area contributed by atoms with Crippen LogP contribution in [0.3, 0.4) is 0 Å². The fourth-order valence-corrected chi connectivity index (χ4v) is 3.09. The molecule has 7 nitrogen and oxygen atoms in total. The third-order valence-electron chi connectivity index (χ3n) is 4.54. The quantitative estimate of drug-likeness (QED) is 0.275. The van der Waals surface area contributed by atoms with E-state index < -0.39 is 0 Å². The lowest BCUT2D eigenvalue weighted by Gasteiger charge is -2.15. The zero-order valence-corrected chi connectivity index (χ0v) is 24.1. The highest BCUT2D eigenvalue weighted by atomic mass is 19.1. The maximum atomic E-state index is 12.2. The van der Waals surface area contributed by atoms with Crippen LogP contribution in [-0.4, -0.2) is 36.8 Å². The van der Waals surface area contributed by atoms with Crippen LogP contribution in [-0.2, 0) is 6.42 Å². The van der Waals surface area contributed by atoms with Crippen molar-refractivity contribution in [3.63, 3.8) is 0 Å². The Hall–Kier alpha value is -3.68. The fourth-order valence-electron chi connectivity index (χ4n) is 3.09. The molecule has 4 aromatic rings. The number of ether oxygens (including phenoxy) is 1. The SMILES string of the molecule is CC.CC.CC.CCCc1ncc(F)cn1.COc1cccc(C)c1-n1c(C)nnc1-c1cccnc1. The number of benzene rings is 1. The lowest BCUT2D eigenvalue weighted by Crippen LogP contribution is -2.04. The predicted octanol–water partition coefficient (Wildman–Crippen LogP) is 7.60. The van der Waals surface area contributed by atoms with Gasteiger partial charge in [-0.3, -0.25) is 9.55 Å².